The Morgan fingerprint density at radius 1 is 1.00 bits per heavy atom. The molecule has 0 aromatic carbocycles. The third kappa shape index (κ3) is 3.29. The van der Waals surface area contributed by atoms with Gasteiger partial charge in [0, 0.05) is 0 Å². The predicted octanol–water partition coefficient (Wildman–Crippen LogP) is 5.23. The van der Waals surface area contributed by atoms with Gasteiger partial charge >= 0.3 is 0 Å². The lowest BCUT2D eigenvalue weighted by atomic mass is 9.63. The van der Waals surface area contributed by atoms with Gasteiger partial charge in [-0.25, -0.2) is 0 Å². The molecular formula is C14H29. The first-order valence-electron chi connectivity index (χ1n) is 6.31. The summed E-state index contributed by atoms with van der Waals surface area (Å²) in [4.78, 5) is 0. The number of hydrogen-bond acceptors (Lipinski definition) is 0. The molecule has 0 aromatic rings. The van der Waals surface area contributed by atoms with Gasteiger partial charge in [-0.1, -0.05) is 60.8 Å². The molecule has 0 heteroatoms. The highest BCUT2D eigenvalue weighted by molar-refractivity contribution is 5.02. The topological polar surface area (TPSA) is 0 Å². The van der Waals surface area contributed by atoms with E-state index in [1.165, 1.54) is 32.1 Å². The molecule has 0 spiro atoms. The third-order valence-electron chi connectivity index (χ3n) is 3.77. The van der Waals surface area contributed by atoms with Crippen molar-refractivity contribution >= 4 is 0 Å². The minimum atomic E-state index is 0.519. The van der Waals surface area contributed by atoms with Crippen LogP contribution in [-0.4, -0.2) is 0 Å². The van der Waals surface area contributed by atoms with Gasteiger partial charge in [0.25, 0.3) is 0 Å². The molecule has 0 aliphatic carbocycles. The molecule has 0 saturated heterocycles. The molecule has 0 saturated carbocycles. The first kappa shape index (κ1) is 14.0. The maximum Gasteiger partial charge on any atom is -0.0218 e. The summed E-state index contributed by atoms with van der Waals surface area (Å²) in [6, 6.07) is 0. The van der Waals surface area contributed by atoms with Crippen molar-refractivity contribution < 1.29 is 0 Å². The fourth-order valence-electron chi connectivity index (χ4n) is 2.72. The van der Waals surface area contributed by atoms with Crippen molar-refractivity contribution in [1.82, 2.24) is 0 Å². The van der Waals surface area contributed by atoms with Crippen molar-refractivity contribution in [3.63, 3.8) is 0 Å². The zero-order valence-electron chi connectivity index (χ0n) is 11.1. The summed E-state index contributed by atoms with van der Waals surface area (Å²) >= 11 is 0. The van der Waals surface area contributed by atoms with Crippen LogP contribution in [0.1, 0.15) is 73.6 Å². The predicted molar refractivity (Wildman–Crippen MR) is 66.3 cm³/mol. The highest BCUT2D eigenvalue weighted by Crippen LogP contribution is 2.45. The van der Waals surface area contributed by atoms with Crippen molar-refractivity contribution in [3.8, 4) is 0 Å². The van der Waals surface area contributed by atoms with Crippen molar-refractivity contribution in [2.75, 3.05) is 0 Å². The van der Waals surface area contributed by atoms with Crippen LogP contribution in [0.2, 0.25) is 0 Å². The van der Waals surface area contributed by atoms with Gasteiger partial charge in [0.1, 0.15) is 0 Å². The van der Waals surface area contributed by atoms with Crippen LogP contribution in [0.4, 0.5) is 0 Å². The van der Waals surface area contributed by atoms with Crippen molar-refractivity contribution in [3.05, 3.63) is 5.92 Å². The highest BCUT2D eigenvalue weighted by Gasteiger charge is 2.35. The molecule has 0 aliphatic heterocycles. The summed E-state index contributed by atoms with van der Waals surface area (Å²) in [6.07, 6.45) is 6.77. The largest absolute Gasteiger partial charge is 0.0654 e. The van der Waals surface area contributed by atoms with Crippen LogP contribution in [0.3, 0.4) is 0 Å². The Hall–Kier alpha value is 0. The standard InChI is InChI=1S/C14H29/c1-7-9-11-14(10-8-2,12(3)4)13(5)6/h12H,7-11H2,1-6H3. The van der Waals surface area contributed by atoms with Crippen molar-refractivity contribution in [2.24, 2.45) is 11.3 Å². The Morgan fingerprint density at radius 3 is 1.86 bits per heavy atom. The first-order chi connectivity index (χ1) is 6.51. The molecule has 0 bridgehead atoms. The first-order valence-corrected chi connectivity index (χ1v) is 6.31. The summed E-state index contributed by atoms with van der Waals surface area (Å²) < 4.78 is 0. The molecule has 0 nitrogen and oxygen atoms in total. The second kappa shape index (κ2) is 6.48. The Bertz CT molecular complexity index is 125. The lowest BCUT2D eigenvalue weighted by Gasteiger charge is -2.41. The lowest BCUT2D eigenvalue weighted by molar-refractivity contribution is 0.166. The van der Waals surface area contributed by atoms with Crippen LogP contribution in [0.5, 0.6) is 0 Å². The van der Waals surface area contributed by atoms with E-state index >= 15 is 0 Å². The van der Waals surface area contributed by atoms with Crippen LogP contribution in [0.25, 0.3) is 0 Å². The summed E-state index contributed by atoms with van der Waals surface area (Å²) in [7, 11) is 0. The monoisotopic (exact) mass is 197 g/mol. The molecule has 1 atom stereocenters. The van der Waals surface area contributed by atoms with Gasteiger partial charge < -0.3 is 0 Å². The van der Waals surface area contributed by atoms with Gasteiger partial charge in [-0.2, -0.15) is 0 Å². The molecule has 0 fully saturated rings. The van der Waals surface area contributed by atoms with E-state index in [1.54, 1.807) is 5.92 Å². The van der Waals surface area contributed by atoms with Gasteiger partial charge in [0.15, 0.2) is 0 Å². The fraction of sp³-hybridized carbons (Fsp3) is 0.929. The number of unbranched alkanes of at least 4 members (excludes halogenated alkanes) is 1. The van der Waals surface area contributed by atoms with Crippen molar-refractivity contribution in [1.29, 1.82) is 0 Å². The molecule has 0 amide bonds. The zero-order chi connectivity index (χ0) is 11.2. The normalized spacial score (nSPS) is 12.9. The Kier molecular flexibility index (Phi) is 6.48. The second-order valence-corrected chi connectivity index (χ2v) is 5.16. The van der Waals surface area contributed by atoms with E-state index < -0.39 is 0 Å². The minimum absolute atomic E-state index is 0.519. The van der Waals surface area contributed by atoms with E-state index in [9.17, 15) is 0 Å². The summed E-state index contributed by atoms with van der Waals surface area (Å²) in [6.45, 7) is 14.0. The van der Waals surface area contributed by atoms with Crippen LogP contribution in [-0.2, 0) is 0 Å². The van der Waals surface area contributed by atoms with Crippen LogP contribution >= 0.6 is 0 Å². The van der Waals surface area contributed by atoms with Crippen LogP contribution in [0, 0.1) is 17.3 Å². The van der Waals surface area contributed by atoms with E-state index in [4.69, 9.17) is 0 Å². The molecule has 0 N–H and O–H groups in total. The lowest BCUT2D eigenvalue weighted by Crippen LogP contribution is -2.31. The number of hydrogen-bond donors (Lipinski definition) is 0. The van der Waals surface area contributed by atoms with E-state index in [2.05, 4.69) is 41.5 Å². The highest BCUT2D eigenvalue weighted by atomic mass is 14.4. The zero-order valence-corrected chi connectivity index (χ0v) is 11.1. The quantitative estimate of drug-likeness (QED) is 0.524. The average molecular weight is 197 g/mol. The van der Waals surface area contributed by atoms with Gasteiger partial charge in [0.05, 0.1) is 0 Å². The van der Waals surface area contributed by atoms with E-state index in [-0.39, 0.29) is 0 Å². The second-order valence-electron chi connectivity index (χ2n) is 5.16. The molecular weight excluding hydrogens is 168 g/mol. The summed E-state index contributed by atoms with van der Waals surface area (Å²) in [5, 5.41) is 0. The smallest absolute Gasteiger partial charge is 0.0218 e. The van der Waals surface area contributed by atoms with Gasteiger partial charge in [0.2, 0.25) is 0 Å². The van der Waals surface area contributed by atoms with Crippen molar-refractivity contribution in [2.45, 2.75) is 73.6 Å². The molecule has 0 aliphatic rings. The van der Waals surface area contributed by atoms with Crippen LogP contribution < -0.4 is 0 Å². The number of rotatable bonds is 7. The van der Waals surface area contributed by atoms with Gasteiger partial charge in [-0.3, -0.25) is 0 Å². The average Bonchev–Trinajstić information content (AvgIpc) is 2.11. The van der Waals surface area contributed by atoms with E-state index in [0.717, 1.165) is 5.92 Å². The molecule has 14 heavy (non-hydrogen) atoms. The van der Waals surface area contributed by atoms with Gasteiger partial charge in [-0.05, 0) is 30.1 Å². The minimum Gasteiger partial charge on any atom is -0.0654 e. The third-order valence-corrected chi connectivity index (χ3v) is 3.77. The Balaban J connectivity index is 4.56. The van der Waals surface area contributed by atoms with E-state index in [0.29, 0.717) is 5.41 Å². The molecule has 0 rings (SSSR count). The fourth-order valence-corrected chi connectivity index (χ4v) is 2.72. The molecule has 1 radical (unpaired) electrons. The summed E-state index contributed by atoms with van der Waals surface area (Å²) in [5.41, 5.74) is 0.519. The summed E-state index contributed by atoms with van der Waals surface area (Å²) in [5.74, 6) is 2.43. The Morgan fingerprint density at radius 2 is 1.57 bits per heavy atom. The maximum atomic E-state index is 2.39. The molecule has 0 heterocycles. The van der Waals surface area contributed by atoms with E-state index in [1.807, 2.05) is 0 Å². The molecule has 1 unspecified atom stereocenters. The SMILES string of the molecule is CCCCC(CCC)([C](C)C)C(C)C. The molecule has 0 aromatic heterocycles. The van der Waals surface area contributed by atoms with Crippen LogP contribution in [0.15, 0.2) is 0 Å². The van der Waals surface area contributed by atoms with Gasteiger partial charge in [-0.15, -0.1) is 0 Å². The Labute approximate surface area is 91.5 Å². The maximum absolute atomic E-state index is 2.39. The molecule has 85 valence electrons.